The molecule has 82 valence electrons. The minimum atomic E-state index is 0.241. The van der Waals surface area contributed by atoms with Crippen molar-refractivity contribution < 1.29 is 9.84 Å². The number of aromatic hydroxyl groups is 1. The van der Waals surface area contributed by atoms with Crippen molar-refractivity contribution in [3.63, 3.8) is 0 Å². The van der Waals surface area contributed by atoms with Crippen molar-refractivity contribution in [2.45, 2.75) is 0 Å². The Morgan fingerprint density at radius 3 is 2.73 bits per heavy atom. The van der Waals surface area contributed by atoms with Gasteiger partial charge in [-0.3, -0.25) is 0 Å². The lowest BCUT2D eigenvalue weighted by Crippen LogP contribution is -2.43. The average Bonchev–Trinajstić information content (AvgIpc) is 2.30. The highest BCUT2D eigenvalue weighted by atomic mass is 16.5. The van der Waals surface area contributed by atoms with Gasteiger partial charge in [0.05, 0.1) is 12.8 Å². The number of phenolic OH excluding ortho intramolecular Hbond substituents is 1. The Bertz CT molecular complexity index is 335. The standard InChI is InChI=1S/C11H16N2O2/c1-15-11-8-9(14)2-3-10(11)13-6-4-12-5-7-13/h2-3,8,12,14H,4-7H2,1H3. The molecule has 2 rings (SSSR count). The quantitative estimate of drug-likeness (QED) is 0.755. The van der Waals surface area contributed by atoms with Crippen molar-refractivity contribution in [3.05, 3.63) is 18.2 Å². The Morgan fingerprint density at radius 1 is 1.33 bits per heavy atom. The first kappa shape index (κ1) is 10.1. The summed E-state index contributed by atoms with van der Waals surface area (Å²) < 4.78 is 5.26. The smallest absolute Gasteiger partial charge is 0.145 e. The Labute approximate surface area is 89.5 Å². The molecule has 1 aromatic carbocycles. The lowest BCUT2D eigenvalue weighted by atomic mass is 10.2. The van der Waals surface area contributed by atoms with Crippen LogP contribution in [0.15, 0.2) is 18.2 Å². The maximum atomic E-state index is 9.36. The third-order valence-corrected chi connectivity index (χ3v) is 2.62. The molecule has 1 aliphatic heterocycles. The molecule has 4 nitrogen and oxygen atoms in total. The number of ether oxygens (including phenoxy) is 1. The molecule has 0 amide bonds. The number of nitrogens with one attached hydrogen (secondary N) is 1. The van der Waals surface area contributed by atoms with E-state index in [4.69, 9.17) is 4.74 Å². The largest absolute Gasteiger partial charge is 0.508 e. The van der Waals surface area contributed by atoms with Crippen molar-refractivity contribution in [3.8, 4) is 11.5 Å². The van der Waals surface area contributed by atoms with Crippen LogP contribution in [0.25, 0.3) is 0 Å². The van der Waals surface area contributed by atoms with Crippen LogP contribution in [-0.4, -0.2) is 38.4 Å². The van der Waals surface area contributed by atoms with Crippen molar-refractivity contribution in [1.82, 2.24) is 5.32 Å². The van der Waals surface area contributed by atoms with Gasteiger partial charge in [0.1, 0.15) is 11.5 Å². The summed E-state index contributed by atoms with van der Waals surface area (Å²) in [5, 5.41) is 12.7. The molecular formula is C11H16N2O2. The Hall–Kier alpha value is -1.42. The minimum absolute atomic E-state index is 0.241. The van der Waals surface area contributed by atoms with Crippen LogP contribution in [0.3, 0.4) is 0 Å². The summed E-state index contributed by atoms with van der Waals surface area (Å²) in [6.45, 7) is 3.93. The van der Waals surface area contributed by atoms with Crippen molar-refractivity contribution in [2.75, 3.05) is 38.2 Å². The second-order valence-corrected chi connectivity index (χ2v) is 3.59. The highest BCUT2D eigenvalue weighted by Gasteiger charge is 2.14. The SMILES string of the molecule is COc1cc(O)ccc1N1CCNCC1. The summed E-state index contributed by atoms with van der Waals surface area (Å²) in [7, 11) is 1.63. The topological polar surface area (TPSA) is 44.7 Å². The number of rotatable bonds is 2. The monoisotopic (exact) mass is 208 g/mol. The molecule has 4 heteroatoms. The molecule has 1 fully saturated rings. The van der Waals surface area contributed by atoms with Crippen LogP contribution in [0.2, 0.25) is 0 Å². The highest BCUT2D eigenvalue weighted by molar-refractivity contribution is 5.61. The van der Waals surface area contributed by atoms with E-state index in [0.717, 1.165) is 37.6 Å². The fraction of sp³-hybridized carbons (Fsp3) is 0.455. The normalized spacial score (nSPS) is 16.5. The molecule has 0 radical (unpaired) electrons. The van der Waals surface area contributed by atoms with Crippen molar-refractivity contribution in [1.29, 1.82) is 0 Å². The molecule has 1 aliphatic rings. The van der Waals surface area contributed by atoms with Crippen LogP contribution >= 0.6 is 0 Å². The number of anilines is 1. The molecule has 0 bridgehead atoms. The van der Waals surface area contributed by atoms with Crippen LogP contribution in [0.5, 0.6) is 11.5 Å². The fourth-order valence-corrected chi connectivity index (χ4v) is 1.83. The molecule has 1 heterocycles. The second kappa shape index (κ2) is 4.40. The number of hydrogen-bond donors (Lipinski definition) is 2. The van der Waals surface area contributed by atoms with E-state index in [9.17, 15) is 5.11 Å². The molecule has 2 N–H and O–H groups in total. The molecule has 0 spiro atoms. The summed E-state index contributed by atoms with van der Waals surface area (Å²) in [4.78, 5) is 2.26. The fourth-order valence-electron chi connectivity index (χ4n) is 1.83. The molecule has 0 unspecified atom stereocenters. The molecule has 0 saturated carbocycles. The summed E-state index contributed by atoms with van der Waals surface area (Å²) in [6.07, 6.45) is 0. The molecule has 0 aromatic heterocycles. The van der Waals surface area contributed by atoms with Gasteiger partial charge < -0.3 is 20.1 Å². The Balaban J connectivity index is 2.25. The Morgan fingerprint density at radius 2 is 2.07 bits per heavy atom. The predicted octanol–water partition coefficient (Wildman–Crippen LogP) is 0.810. The lowest BCUT2D eigenvalue weighted by Gasteiger charge is -2.30. The van der Waals surface area contributed by atoms with Crippen molar-refractivity contribution in [2.24, 2.45) is 0 Å². The average molecular weight is 208 g/mol. The molecule has 1 saturated heterocycles. The van der Waals surface area contributed by atoms with E-state index in [1.165, 1.54) is 0 Å². The number of hydrogen-bond acceptors (Lipinski definition) is 4. The summed E-state index contributed by atoms with van der Waals surface area (Å²) in [5.41, 5.74) is 1.05. The first-order chi connectivity index (χ1) is 7.31. The van der Waals surface area contributed by atoms with Gasteiger partial charge in [-0.25, -0.2) is 0 Å². The van der Waals surface area contributed by atoms with Gasteiger partial charge in [0.2, 0.25) is 0 Å². The second-order valence-electron chi connectivity index (χ2n) is 3.59. The van der Waals surface area contributed by atoms with E-state index in [1.807, 2.05) is 6.07 Å². The lowest BCUT2D eigenvalue weighted by molar-refractivity contribution is 0.406. The van der Waals surface area contributed by atoms with Gasteiger partial charge in [0, 0.05) is 32.2 Å². The van der Waals surface area contributed by atoms with E-state index in [2.05, 4.69) is 10.2 Å². The van der Waals surface area contributed by atoms with Crippen molar-refractivity contribution >= 4 is 5.69 Å². The van der Waals surface area contributed by atoms with E-state index in [1.54, 1.807) is 19.2 Å². The zero-order valence-corrected chi connectivity index (χ0v) is 8.86. The third kappa shape index (κ3) is 2.15. The number of nitrogens with zero attached hydrogens (tertiary/aromatic N) is 1. The van der Waals surface area contributed by atoms with Gasteiger partial charge in [0.15, 0.2) is 0 Å². The van der Waals surface area contributed by atoms with Crippen LogP contribution in [0.1, 0.15) is 0 Å². The zero-order valence-electron chi connectivity index (χ0n) is 8.86. The van der Waals surface area contributed by atoms with Gasteiger partial charge in [-0.2, -0.15) is 0 Å². The Kier molecular flexibility index (Phi) is 2.97. The molecular weight excluding hydrogens is 192 g/mol. The number of phenols is 1. The van der Waals surface area contributed by atoms with E-state index in [-0.39, 0.29) is 5.75 Å². The maximum Gasteiger partial charge on any atom is 0.145 e. The molecule has 0 aliphatic carbocycles. The van der Waals surface area contributed by atoms with Gasteiger partial charge >= 0.3 is 0 Å². The van der Waals surface area contributed by atoms with Crippen LogP contribution < -0.4 is 15.0 Å². The number of piperazine rings is 1. The number of methoxy groups -OCH3 is 1. The third-order valence-electron chi connectivity index (χ3n) is 2.62. The summed E-state index contributed by atoms with van der Waals surface area (Å²) in [5.74, 6) is 0.975. The predicted molar refractivity (Wildman–Crippen MR) is 59.7 cm³/mol. The molecule has 1 aromatic rings. The van der Waals surface area contributed by atoms with Gasteiger partial charge in [-0.05, 0) is 12.1 Å². The molecule has 0 atom stereocenters. The highest BCUT2D eigenvalue weighted by Crippen LogP contribution is 2.31. The minimum Gasteiger partial charge on any atom is -0.508 e. The van der Waals surface area contributed by atoms with Gasteiger partial charge in [-0.15, -0.1) is 0 Å². The maximum absolute atomic E-state index is 9.36. The van der Waals surface area contributed by atoms with E-state index in [0.29, 0.717) is 0 Å². The number of benzene rings is 1. The van der Waals surface area contributed by atoms with Gasteiger partial charge in [-0.1, -0.05) is 0 Å². The summed E-state index contributed by atoms with van der Waals surface area (Å²) >= 11 is 0. The zero-order chi connectivity index (χ0) is 10.7. The molecule has 15 heavy (non-hydrogen) atoms. The van der Waals surface area contributed by atoms with Crippen LogP contribution in [0, 0.1) is 0 Å². The van der Waals surface area contributed by atoms with Crippen LogP contribution in [-0.2, 0) is 0 Å². The first-order valence-corrected chi connectivity index (χ1v) is 5.14. The van der Waals surface area contributed by atoms with E-state index < -0.39 is 0 Å². The van der Waals surface area contributed by atoms with E-state index >= 15 is 0 Å². The van der Waals surface area contributed by atoms with Crippen LogP contribution in [0.4, 0.5) is 5.69 Å². The summed E-state index contributed by atoms with van der Waals surface area (Å²) in [6, 6.07) is 5.25. The first-order valence-electron chi connectivity index (χ1n) is 5.14. The van der Waals surface area contributed by atoms with Gasteiger partial charge in [0.25, 0.3) is 0 Å².